The van der Waals surface area contributed by atoms with E-state index in [0.717, 1.165) is 42.4 Å². The molecule has 0 unspecified atom stereocenters. The van der Waals surface area contributed by atoms with Crippen molar-refractivity contribution in [3.05, 3.63) is 94.2 Å². The number of methoxy groups -OCH3 is 2. The normalized spacial score (nSPS) is 14.7. The fourth-order valence-corrected chi connectivity index (χ4v) is 5.61. The van der Waals surface area contributed by atoms with Crippen LogP contribution in [0.15, 0.2) is 70.3 Å². The van der Waals surface area contributed by atoms with Crippen LogP contribution in [0.25, 0.3) is 10.9 Å². The third-order valence-corrected chi connectivity index (χ3v) is 7.52. The van der Waals surface area contributed by atoms with E-state index in [1.165, 1.54) is 0 Å². The van der Waals surface area contributed by atoms with Crippen molar-refractivity contribution < 1.29 is 13.9 Å². The molecule has 0 aliphatic heterocycles. The lowest BCUT2D eigenvalue weighted by Gasteiger charge is -2.31. The largest absolute Gasteiger partial charge is 0.493 e. The van der Waals surface area contributed by atoms with Crippen molar-refractivity contribution in [3.63, 3.8) is 0 Å². The minimum Gasteiger partial charge on any atom is -0.493 e. The second-order valence-corrected chi connectivity index (χ2v) is 10.0. The molecule has 1 aliphatic rings. The van der Waals surface area contributed by atoms with E-state index >= 15 is 0 Å². The number of nitrogens with zero attached hydrogens (tertiary/aromatic N) is 6. The van der Waals surface area contributed by atoms with Crippen molar-refractivity contribution in [1.82, 2.24) is 35.1 Å². The predicted octanol–water partition coefficient (Wildman–Crippen LogP) is 4.43. The van der Waals surface area contributed by atoms with Gasteiger partial charge < -0.3 is 18.9 Å². The first-order valence-electron chi connectivity index (χ1n) is 13.4. The van der Waals surface area contributed by atoms with Gasteiger partial charge in [0.15, 0.2) is 17.3 Å². The molecule has 1 atom stereocenters. The first-order chi connectivity index (χ1) is 19.6. The topological polar surface area (TPSA) is 124 Å². The smallest absolute Gasteiger partial charge is 0.253 e. The van der Waals surface area contributed by atoms with Crippen LogP contribution in [0.5, 0.6) is 11.5 Å². The number of H-pyrrole nitrogens is 1. The number of tetrazole rings is 1. The van der Waals surface area contributed by atoms with Gasteiger partial charge in [0.05, 0.1) is 38.6 Å². The molecule has 11 heteroatoms. The fourth-order valence-electron chi connectivity index (χ4n) is 5.61. The highest BCUT2D eigenvalue weighted by Crippen LogP contribution is 2.36. The summed E-state index contributed by atoms with van der Waals surface area (Å²) >= 11 is 0. The van der Waals surface area contributed by atoms with Crippen molar-refractivity contribution in [2.75, 3.05) is 14.2 Å². The Morgan fingerprint density at radius 2 is 1.93 bits per heavy atom. The molecular weight excluding hydrogens is 510 g/mol. The average molecular weight is 542 g/mol. The Labute approximate surface area is 230 Å². The number of nitrogens with one attached hydrogen (secondary N) is 1. The first-order valence-corrected chi connectivity index (χ1v) is 13.4. The minimum atomic E-state index is -0.581. The van der Waals surface area contributed by atoms with E-state index in [1.807, 2.05) is 47.3 Å². The van der Waals surface area contributed by atoms with Crippen LogP contribution in [0, 0.1) is 0 Å². The number of furan rings is 1. The van der Waals surface area contributed by atoms with Crippen molar-refractivity contribution in [2.24, 2.45) is 0 Å². The Kier molecular flexibility index (Phi) is 7.28. The molecule has 0 amide bonds. The number of pyridine rings is 2. The van der Waals surface area contributed by atoms with Crippen molar-refractivity contribution >= 4 is 10.9 Å². The predicted molar refractivity (Wildman–Crippen MR) is 147 cm³/mol. The molecule has 0 saturated heterocycles. The minimum absolute atomic E-state index is 0.181. The Bertz CT molecular complexity index is 1630. The molecule has 4 heterocycles. The molecule has 0 radical (unpaired) electrons. The molecule has 1 aromatic carbocycles. The number of aromatic nitrogens is 6. The van der Waals surface area contributed by atoms with E-state index in [-0.39, 0.29) is 11.6 Å². The summed E-state index contributed by atoms with van der Waals surface area (Å²) in [4.78, 5) is 23.4. The monoisotopic (exact) mass is 541 g/mol. The Morgan fingerprint density at radius 3 is 2.65 bits per heavy atom. The molecule has 11 nitrogen and oxygen atoms in total. The maximum atomic E-state index is 13.8. The van der Waals surface area contributed by atoms with Gasteiger partial charge in [0.25, 0.3) is 5.56 Å². The van der Waals surface area contributed by atoms with E-state index < -0.39 is 6.04 Å². The SMILES string of the molecule is COc1cc2cc([C@H](c3nnnn3C3CCCC3)N(Cc3cccnc3)Cc3ccco3)c(=O)[nH]c2cc1OC. The van der Waals surface area contributed by atoms with Gasteiger partial charge in [-0.15, -0.1) is 5.10 Å². The molecule has 4 aromatic heterocycles. The molecule has 6 rings (SSSR count). The van der Waals surface area contributed by atoms with Crippen LogP contribution in [0.4, 0.5) is 0 Å². The van der Waals surface area contributed by atoms with Gasteiger partial charge in [0.2, 0.25) is 0 Å². The third-order valence-electron chi connectivity index (χ3n) is 7.52. The van der Waals surface area contributed by atoms with Crippen LogP contribution in [0.3, 0.4) is 0 Å². The summed E-state index contributed by atoms with van der Waals surface area (Å²) in [5.74, 6) is 2.49. The van der Waals surface area contributed by atoms with Crippen LogP contribution in [0.2, 0.25) is 0 Å². The summed E-state index contributed by atoms with van der Waals surface area (Å²) in [7, 11) is 3.16. The highest BCUT2D eigenvalue weighted by atomic mass is 16.5. The molecule has 1 aliphatic carbocycles. The van der Waals surface area contributed by atoms with Gasteiger partial charge in [0, 0.05) is 36.0 Å². The van der Waals surface area contributed by atoms with Gasteiger partial charge in [-0.05, 0) is 59.2 Å². The van der Waals surface area contributed by atoms with Crippen LogP contribution in [-0.4, -0.2) is 49.3 Å². The summed E-state index contributed by atoms with van der Waals surface area (Å²) in [6.45, 7) is 0.910. The van der Waals surface area contributed by atoms with E-state index in [2.05, 4.69) is 30.4 Å². The summed E-state index contributed by atoms with van der Waals surface area (Å²) < 4.78 is 18.7. The number of fused-ring (bicyclic) bond motifs is 1. The third kappa shape index (κ3) is 5.07. The van der Waals surface area contributed by atoms with Gasteiger partial charge in [-0.1, -0.05) is 18.9 Å². The first kappa shape index (κ1) is 25.8. The fraction of sp³-hybridized carbons (Fsp3) is 0.345. The number of rotatable bonds is 10. The summed E-state index contributed by atoms with van der Waals surface area (Å²) in [6.07, 6.45) is 9.46. The van der Waals surface area contributed by atoms with Gasteiger partial charge in [-0.25, -0.2) is 4.68 Å². The Balaban J connectivity index is 1.54. The lowest BCUT2D eigenvalue weighted by molar-refractivity contribution is 0.176. The van der Waals surface area contributed by atoms with E-state index in [1.54, 1.807) is 32.7 Å². The molecule has 0 spiro atoms. The zero-order valence-electron chi connectivity index (χ0n) is 22.5. The summed E-state index contributed by atoms with van der Waals surface area (Å²) in [6, 6.07) is 12.8. The lowest BCUT2D eigenvalue weighted by atomic mass is 10.0. The molecule has 1 saturated carbocycles. The van der Waals surface area contributed by atoms with E-state index in [9.17, 15) is 4.79 Å². The van der Waals surface area contributed by atoms with Gasteiger partial charge >= 0.3 is 0 Å². The van der Waals surface area contributed by atoms with Crippen LogP contribution < -0.4 is 15.0 Å². The zero-order chi connectivity index (χ0) is 27.5. The molecule has 206 valence electrons. The number of hydrogen-bond donors (Lipinski definition) is 1. The Hall–Kier alpha value is -4.51. The number of aromatic amines is 1. The molecule has 1 N–H and O–H groups in total. The summed E-state index contributed by atoms with van der Waals surface area (Å²) in [5, 5.41) is 13.8. The van der Waals surface area contributed by atoms with Gasteiger partial charge in [-0.2, -0.15) is 0 Å². The van der Waals surface area contributed by atoms with Gasteiger partial charge in [0.1, 0.15) is 11.8 Å². The van der Waals surface area contributed by atoms with Crippen molar-refractivity contribution in [2.45, 2.75) is 50.9 Å². The molecule has 0 bridgehead atoms. The average Bonchev–Trinajstić information content (AvgIpc) is 3.77. The number of hydrogen-bond acceptors (Lipinski definition) is 9. The second kappa shape index (κ2) is 11.3. The lowest BCUT2D eigenvalue weighted by Crippen LogP contribution is -2.35. The Morgan fingerprint density at radius 1 is 1.10 bits per heavy atom. The van der Waals surface area contributed by atoms with Crippen LogP contribution in [0.1, 0.15) is 60.5 Å². The molecule has 40 heavy (non-hydrogen) atoms. The van der Waals surface area contributed by atoms with E-state index in [4.69, 9.17) is 13.9 Å². The second-order valence-electron chi connectivity index (χ2n) is 10.0. The summed E-state index contributed by atoms with van der Waals surface area (Å²) in [5.41, 5.74) is 1.92. The van der Waals surface area contributed by atoms with Crippen LogP contribution in [-0.2, 0) is 13.1 Å². The van der Waals surface area contributed by atoms with Crippen molar-refractivity contribution in [1.29, 1.82) is 0 Å². The highest BCUT2D eigenvalue weighted by Gasteiger charge is 2.34. The number of ether oxygens (including phenoxy) is 2. The highest BCUT2D eigenvalue weighted by molar-refractivity contribution is 5.83. The quantitative estimate of drug-likeness (QED) is 0.273. The number of benzene rings is 1. The zero-order valence-corrected chi connectivity index (χ0v) is 22.5. The molecular formula is C29H31N7O4. The standard InChI is InChI=1S/C29H31N7O4/c1-38-25-14-20-13-23(29(37)31-24(20)15-26(25)39-2)27(28-32-33-34-36(28)21-8-3-4-9-21)35(18-22-10-6-12-40-22)17-19-7-5-11-30-16-19/h5-7,10-16,21,27H,3-4,8-9,17-18H2,1-2H3,(H,31,37)/t27-/m1/s1. The molecule has 5 aromatic rings. The molecule has 1 fully saturated rings. The maximum absolute atomic E-state index is 13.8. The van der Waals surface area contributed by atoms with Crippen molar-refractivity contribution in [3.8, 4) is 11.5 Å². The van der Waals surface area contributed by atoms with E-state index in [0.29, 0.717) is 41.5 Å². The van der Waals surface area contributed by atoms with Crippen LogP contribution >= 0.6 is 0 Å². The van der Waals surface area contributed by atoms with Gasteiger partial charge in [-0.3, -0.25) is 14.7 Å². The maximum Gasteiger partial charge on any atom is 0.253 e.